The fourth-order valence-corrected chi connectivity index (χ4v) is 6.49. The molecule has 1 heterocycles. The fourth-order valence-electron chi connectivity index (χ4n) is 5.65. The third kappa shape index (κ3) is 5.61. The first-order valence-electron chi connectivity index (χ1n) is 13.4. The standard InChI is InChI=1S/C34H30Br2N2O2/c1-21-6-15-31-29(16-21)27-4-3-5-28(27)33(38-31)24-9-13-26(14-10-24)37-19-23-17-30(36)34(32(18-23)39-2)40-20-22-7-11-25(35)12-8-22/h3-4,6-19,27-28,33,38H,5,20H2,1-2H3/t27-,28-,33-/m0/s1. The number of ether oxygens (including phenoxy) is 2. The number of fused-ring (bicyclic) bond motifs is 3. The summed E-state index contributed by atoms with van der Waals surface area (Å²) in [6.07, 6.45) is 7.67. The minimum Gasteiger partial charge on any atom is -0.493 e. The number of rotatable bonds is 7. The van der Waals surface area contributed by atoms with Gasteiger partial charge in [-0.3, -0.25) is 4.99 Å². The van der Waals surface area contributed by atoms with Gasteiger partial charge in [-0.15, -0.1) is 0 Å². The van der Waals surface area contributed by atoms with Gasteiger partial charge in [0, 0.05) is 22.3 Å². The minimum absolute atomic E-state index is 0.276. The molecule has 0 radical (unpaired) electrons. The van der Waals surface area contributed by atoms with Crippen molar-refractivity contribution in [1.29, 1.82) is 0 Å². The predicted octanol–water partition coefficient (Wildman–Crippen LogP) is 9.68. The molecule has 2 aliphatic rings. The number of halogens is 2. The first-order chi connectivity index (χ1) is 19.5. The summed E-state index contributed by atoms with van der Waals surface area (Å²) < 4.78 is 13.6. The lowest BCUT2D eigenvalue weighted by molar-refractivity contribution is 0.282. The Morgan fingerprint density at radius 3 is 2.55 bits per heavy atom. The predicted molar refractivity (Wildman–Crippen MR) is 170 cm³/mol. The van der Waals surface area contributed by atoms with E-state index in [1.807, 2.05) is 42.6 Å². The van der Waals surface area contributed by atoms with Crippen LogP contribution in [0.3, 0.4) is 0 Å². The molecule has 1 N–H and O–H groups in total. The number of hydrogen-bond acceptors (Lipinski definition) is 4. The molecule has 4 nitrogen and oxygen atoms in total. The Labute approximate surface area is 252 Å². The molecule has 202 valence electrons. The average Bonchev–Trinajstić information content (AvgIpc) is 3.47. The second-order valence-corrected chi connectivity index (χ2v) is 12.1. The summed E-state index contributed by atoms with van der Waals surface area (Å²) in [5.41, 5.74) is 8.17. The van der Waals surface area contributed by atoms with E-state index in [0.29, 0.717) is 29.9 Å². The maximum absolute atomic E-state index is 6.09. The molecule has 6 rings (SSSR count). The second-order valence-electron chi connectivity index (χ2n) is 10.4. The SMILES string of the molecule is COc1cc(C=Nc2ccc([C@@H]3Nc4ccc(C)cc4[C@H]4C=CC[C@@H]43)cc2)cc(Br)c1OCc1ccc(Br)cc1. The highest BCUT2D eigenvalue weighted by Crippen LogP contribution is 2.50. The first kappa shape index (κ1) is 26.9. The summed E-state index contributed by atoms with van der Waals surface area (Å²) in [7, 11) is 1.65. The molecule has 0 unspecified atom stereocenters. The largest absolute Gasteiger partial charge is 0.493 e. The van der Waals surface area contributed by atoms with Crippen LogP contribution in [0.2, 0.25) is 0 Å². The minimum atomic E-state index is 0.276. The van der Waals surface area contributed by atoms with Crippen molar-refractivity contribution >= 4 is 49.4 Å². The van der Waals surface area contributed by atoms with Crippen LogP contribution in [0, 0.1) is 12.8 Å². The third-order valence-corrected chi connectivity index (χ3v) is 8.80. The second kappa shape index (κ2) is 11.6. The van der Waals surface area contributed by atoms with E-state index in [1.165, 1.54) is 22.4 Å². The van der Waals surface area contributed by atoms with Crippen molar-refractivity contribution in [2.24, 2.45) is 10.9 Å². The van der Waals surface area contributed by atoms with E-state index in [-0.39, 0.29) is 6.04 Å². The van der Waals surface area contributed by atoms with Gasteiger partial charge in [0.25, 0.3) is 0 Å². The lowest BCUT2D eigenvalue weighted by atomic mass is 9.76. The molecule has 0 fully saturated rings. The topological polar surface area (TPSA) is 42.8 Å². The molecule has 6 heteroatoms. The van der Waals surface area contributed by atoms with Crippen LogP contribution in [0.25, 0.3) is 0 Å². The molecule has 0 spiro atoms. The Morgan fingerprint density at radius 2 is 1.77 bits per heavy atom. The van der Waals surface area contributed by atoms with Crippen molar-refractivity contribution in [3.8, 4) is 11.5 Å². The van der Waals surface area contributed by atoms with E-state index in [0.717, 1.165) is 32.2 Å². The smallest absolute Gasteiger partial charge is 0.175 e. The van der Waals surface area contributed by atoms with E-state index in [9.17, 15) is 0 Å². The quantitative estimate of drug-likeness (QED) is 0.159. The number of anilines is 1. The van der Waals surface area contributed by atoms with Crippen molar-refractivity contribution in [3.63, 3.8) is 0 Å². The zero-order valence-corrected chi connectivity index (χ0v) is 25.6. The molecular formula is C34H30Br2N2O2. The van der Waals surface area contributed by atoms with Gasteiger partial charge in [-0.1, -0.05) is 70.0 Å². The van der Waals surface area contributed by atoms with Crippen molar-refractivity contribution in [2.75, 3.05) is 12.4 Å². The number of aliphatic imine (C=N–C) groups is 1. The number of benzene rings is 4. The summed E-state index contributed by atoms with van der Waals surface area (Å²) in [5.74, 6) is 2.32. The van der Waals surface area contributed by atoms with E-state index in [2.05, 4.69) is 98.7 Å². The van der Waals surface area contributed by atoms with Crippen LogP contribution in [-0.4, -0.2) is 13.3 Å². The van der Waals surface area contributed by atoms with Crippen molar-refractivity contribution in [2.45, 2.75) is 31.9 Å². The molecule has 1 aliphatic heterocycles. The highest BCUT2D eigenvalue weighted by atomic mass is 79.9. The van der Waals surface area contributed by atoms with Crippen LogP contribution in [0.4, 0.5) is 11.4 Å². The molecule has 0 saturated carbocycles. The molecule has 40 heavy (non-hydrogen) atoms. The number of methoxy groups -OCH3 is 1. The molecule has 3 atom stereocenters. The summed E-state index contributed by atoms with van der Waals surface area (Å²) in [6.45, 7) is 2.61. The van der Waals surface area contributed by atoms with Gasteiger partial charge in [0.15, 0.2) is 11.5 Å². The molecular weight excluding hydrogens is 628 g/mol. The van der Waals surface area contributed by atoms with Gasteiger partial charge in [0.2, 0.25) is 0 Å². The van der Waals surface area contributed by atoms with Gasteiger partial charge in [-0.25, -0.2) is 0 Å². The molecule has 0 saturated heterocycles. The van der Waals surface area contributed by atoms with Crippen LogP contribution in [0.1, 0.15) is 46.2 Å². The zero-order chi connectivity index (χ0) is 27.6. The Morgan fingerprint density at radius 1 is 0.975 bits per heavy atom. The maximum atomic E-state index is 6.09. The highest BCUT2D eigenvalue weighted by molar-refractivity contribution is 9.10. The van der Waals surface area contributed by atoms with Crippen LogP contribution in [0.15, 0.2) is 105 Å². The molecule has 4 aromatic carbocycles. The average molecular weight is 658 g/mol. The molecule has 1 aliphatic carbocycles. The Balaban J connectivity index is 1.16. The fraction of sp³-hybridized carbons (Fsp3) is 0.206. The summed E-state index contributed by atoms with van der Waals surface area (Å²) >= 11 is 7.12. The van der Waals surface area contributed by atoms with Crippen LogP contribution < -0.4 is 14.8 Å². The summed E-state index contributed by atoms with van der Waals surface area (Å²) in [5, 5.41) is 3.83. The summed E-state index contributed by atoms with van der Waals surface area (Å²) in [6, 6.07) is 27.6. The monoisotopic (exact) mass is 656 g/mol. The number of nitrogens with one attached hydrogen (secondary N) is 1. The number of aryl methyl sites for hydroxylation is 1. The van der Waals surface area contributed by atoms with Gasteiger partial charge in [-0.05, 0) is 99.9 Å². The van der Waals surface area contributed by atoms with Gasteiger partial charge >= 0.3 is 0 Å². The van der Waals surface area contributed by atoms with Crippen molar-refractivity contribution in [1.82, 2.24) is 0 Å². The van der Waals surface area contributed by atoms with E-state index >= 15 is 0 Å². The van der Waals surface area contributed by atoms with Crippen molar-refractivity contribution in [3.05, 3.63) is 128 Å². The molecule has 0 bridgehead atoms. The van der Waals surface area contributed by atoms with E-state index in [1.54, 1.807) is 7.11 Å². The van der Waals surface area contributed by atoms with Gasteiger partial charge < -0.3 is 14.8 Å². The normalized spacial score (nSPS) is 19.2. The van der Waals surface area contributed by atoms with Crippen LogP contribution in [0.5, 0.6) is 11.5 Å². The van der Waals surface area contributed by atoms with Gasteiger partial charge in [0.1, 0.15) is 6.61 Å². The number of allylic oxidation sites excluding steroid dienone is 2. The van der Waals surface area contributed by atoms with Crippen LogP contribution in [-0.2, 0) is 6.61 Å². The Hall–Kier alpha value is -3.35. The third-order valence-electron chi connectivity index (χ3n) is 7.68. The van der Waals surface area contributed by atoms with E-state index in [4.69, 9.17) is 14.5 Å². The van der Waals surface area contributed by atoms with Crippen LogP contribution >= 0.6 is 31.9 Å². The summed E-state index contributed by atoms with van der Waals surface area (Å²) in [4.78, 5) is 4.74. The lowest BCUT2D eigenvalue weighted by Gasteiger charge is -2.37. The molecule has 0 amide bonds. The number of nitrogens with zero attached hydrogens (tertiary/aromatic N) is 1. The van der Waals surface area contributed by atoms with Gasteiger partial charge in [-0.2, -0.15) is 0 Å². The Bertz CT molecular complexity index is 1580. The highest BCUT2D eigenvalue weighted by Gasteiger charge is 2.37. The lowest BCUT2D eigenvalue weighted by Crippen LogP contribution is -2.29. The first-order valence-corrected chi connectivity index (χ1v) is 15.0. The maximum Gasteiger partial charge on any atom is 0.175 e. The van der Waals surface area contributed by atoms with Gasteiger partial charge in [0.05, 0.1) is 23.3 Å². The number of hydrogen-bond donors (Lipinski definition) is 1. The zero-order valence-electron chi connectivity index (χ0n) is 22.4. The molecule has 0 aromatic heterocycles. The Kier molecular flexibility index (Phi) is 7.81. The molecule has 4 aromatic rings. The van der Waals surface area contributed by atoms with E-state index < -0.39 is 0 Å². The van der Waals surface area contributed by atoms with Crippen molar-refractivity contribution < 1.29 is 9.47 Å².